The lowest BCUT2D eigenvalue weighted by atomic mass is 9.90. The van der Waals surface area contributed by atoms with Gasteiger partial charge in [0, 0.05) is 20.8 Å². The number of hydrogen-bond donors (Lipinski definition) is 1. The van der Waals surface area contributed by atoms with E-state index in [1.54, 1.807) is 5.06 Å². The maximum absolute atomic E-state index is 11.0. The Bertz CT molecular complexity index is 753. The lowest BCUT2D eigenvalue weighted by Gasteiger charge is -2.55. The minimum absolute atomic E-state index is 0.00647. The molecule has 1 aromatic carbocycles. The van der Waals surface area contributed by atoms with Gasteiger partial charge in [-0.15, -0.1) is 0 Å². The van der Waals surface area contributed by atoms with Gasteiger partial charge >= 0.3 is 0 Å². The van der Waals surface area contributed by atoms with E-state index in [-0.39, 0.29) is 17.7 Å². The summed E-state index contributed by atoms with van der Waals surface area (Å²) < 4.78 is 30.8. The summed E-state index contributed by atoms with van der Waals surface area (Å²) in [6, 6.07) is 9.40. The molecular weight excluding hydrogens is 442 g/mol. The highest BCUT2D eigenvalue weighted by atomic mass is 28.4. The summed E-state index contributed by atoms with van der Waals surface area (Å²) in [6.07, 6.45) is -2.37. The Balaban J connectivity index is 2.02. The number of aliphatic hydroxyl groups excluding tert-OH is 1. The Labute approximate surface area is 199 Å². The molecule has 33 heavy (non-hydrogen) atoms. The summed E-state index contributed by atoms with van der Waals surface area (Å²) in [5.41, 5.74) is 1.06. The average Bonchev–Trinajstić information content (AvgIpc) is 2.76. The third kappa shape index (κ3) is 5.52. The minimum atomic E-state index is -2.16. The number of benzene rings is 1. The number of ether oxygens (including phenoxy) is 4. The van der Waals surface area contributed by atoms with E-state index in [2.05, 4.69) is 33.9 Å². The highest BCUT2D eigenvalue weighted by Crippen LogP contribution is 2.42. The maximum atomic E-state index is 11.0. The van der Waals surface area contributed by atoms with Crippen LogP contribution in [-0.2, 0) is 34.8 Å². The highest BCUT2D eigenvalue weighted by molar-refractivity contribution is 6.74. The van der Waals surface area contributed by atoms with Crippen molar-refractivity contribution in [3.05, 3.63) is 35.9 Å². The fourth-order valence-electron chi connectivity index (χ4n) is 4.27. The molecule has 3 rings (SSSR count). The lowest BCUT2D eigenvalue weighted by Crippen LogP contribution is -2.73. The molecule has 188 valence electrons. The van der Waals surface area contributed by atoms with Crippen LogP contribution in [0.2, 0.25) is 18.1 Å². The zero-order chi connectivity index (χ0) is 24.4. The van der Waals surface area contributed by atoms with Crippen LogP contribution < -0.4 is 0 Å². The van der Waals surface area contributed by atoms with E-state index in [4.69, 9.17) is 28.2 Å². The Hall–Kier alpha value is -0.883. The quantitative estimate of drug-likeness (QED) is 0.468. The van der Waals surface area contributed by atoms with Crippen LogP contribution >= 0.6 is 0 Å². The molecule has 2 aliphatic heterocycles. The van der Waals surface area contributed by atoms with E-state index >= 15 is 0 Å². The van der Waals surface area contributed by atoms with Crippen molar-refractivity contribution in [3.8, 4) is 0 Å². The van der Waals surface area contributed by atoms with Gasteiger partial charge < -0.3 is 28.5 Å². The van der Waals surface area contributed by atoms with E-state index in [9.17, 15) is 5.11 Å². The largest absolute Gasteiger partial charge is 0.409 e. The zero-order valence-electron chi connectivity index (χ0n) is 21.2. The second-order valence-corrected chi connectivity index (χ2v) is 15.1. The molecule has 2 aliphatic rings. The average molecular weight is 484 g/mol. The summed E-state index contributed by atoms with van der Waals surface area (Å²) in [5, 5.41) is 12.8. The van der Waals surface area contributed by atoms with Crippen LogP contribution in [0.5, 0.6) is 0 Å². The number of aliphatic hydroxyl groups is 1. The molecule has 0 saturated carbocycles. The standard InChI is InChI=1S/C24H41NO7Si/c1-17-29-15-19(32-33(7,8)23(2,3)4)21(31-17)22-24(27-5,28-6)20(26)16-30-25(22)14-18-12-10-9-11-13-18/h9-13,17,19-22,26H,14-16H2,1-8H3/t17-,19+,20+,21-,22-/m0/s1. The van der Waals surface area contributed by atoms with Gasteiger partial charge in [0.05, 0.1) is 19.3 Å². The van der Waals surface area contributed by atoms with Crippen molar-refractivity contribution in [2.75, 3.05) is 27.4 Å². The molecule has 2 saturated heterocycles. The Morgan fingerprint density at radius 1 is 1.12 bits per heavy atom. The fourth-order valence-corrected chi connectivity index (χ4v) is 5.58. The zero-order valence-corrected chi connectivity index (χ0v) is 22.2. The molecule has 0 bridgehead atoms. The molecule has 5 atom stereocenters. The SMILES string of the molecule is COC1(OC)[C@H](O)CON(Cc2ccccc2)[C@H]1[C@H]1O[C@@H](C)OC[C@H]1O[Si](C)(C)C(C)(C)C. The molecule has 9 heteroatoms. The first-order valence-electron chi connectivity index (χ1n) is 11.6. The molecule has 0 spiro atoms. The smallest absolute Gasteiger partial charge is 0.217 e. The first-order chi connectivity index (χ1) is 15.4. The first-order valence-corrected chi connectivity index (χ1v) is 14.5. The molecule has 0 radical (unpaired) electrons. The molecule has 1 aromatic rings. The topological polar surface area (TPSA) is 78.9 Å². The normalized spacial score (nSPS) is 31.5. The van der Waals surface area contributed by atoms with Gasteiger partial charge in [-0.3, -0.25) is 4.84 Å². The lowest BCUT2D eigenvalue weighted by molar-refractivity contribution is -0.409. The maximum Gasteiger partial charge on any atom is 0.217 e. The Morgan fingerprint density at radius 2 is 1.76 bits per heavy atom. The van der Waals surface area contributed by atoms with Gasteiger partial charge in [-0.05, 0) is 30.6 Å². The fraction of sp³-hybridized carbons (Fsp3) is 0.750. The molecule has 0 aliphatic carbocycles. The summed E-state index contributed by atoms with van der Waals surface area (Å²) in [4.78, 5) is 6.06. The molecule has 1 N–H and O–H groups in total. The molecule has 0 amide bonds. The van der Waals surface area contributed by atoms with Crippen LogP contribution in [0.15, 0.2) is 30.3 Å². The summed E-state index contributed by atoms with van der Waals surface area (Å²) in [5.74, 6) is -1.37. The van der Waals surface area contributed by atoms with Crippen LogP contribution in [0.4, 0.5) is 0 Å². The van der Waals surface area contributed by atoms with Gasteiger partial charge in [0.2, 0.25) is 5.79 Å². The molecule has 2 heterocycles. The van der Waals surface area contributed by atoms with Crippen molar-refractivity contribution in [3.63, 3.8) is 0 Å². The molecule has 8 nitrogen and oxygen atoms in total. The van der Waals surface area contributed by atoms with Gasteiger partial charge in [-0.1, -0.05) is 51.1 Å². The third-order valence-corrected chi connectivity index (χ3v) is 11.7. The van der Waals surface area contributed by atoms with Gasteiger partial charge in [0.25, 0.3) is 0 Å². The van der Waals surface area contributed by atoms with Crippen molar-refractivity contribution >= 4 is 8.32 Å². The van der Waals surface area contributed by atoms with Crippen LogP contribution in [0.25, 0.3) is 0 Å². The molecular formula is C24H41NO7Si. The van der Waals surface area contributed by atoms with Crippen LogP contribution in [0.1, 0.15) is 33.3 Å². The van der Waals surface area contributed by atoms with E-state index in [1.807, 2.05) is 37.3 Å². The van der Waals surface area contributed by atoms with Gasteiger partial charge in [0.1, 0.15) is 18.2 Å². The van der Waals surface area contributed by atoms with Crippen molar-refractivity contribution in [2.45, 2.75) is 88.8 Å². The van der Waals surface area contributed by atoms with E-state index in [1.165, 1.54) is 14.2 Å². The minimum Gasteiger partial charge on any atom is -0.409 e. The van der Waals surface area contributed by atoms with E-state index < -0.39 is 38.6 Å². The number of rotatable bonds is 7. The van der Waals surface area contributed by atoms with Gasteiger partial charge in [-0.25, -0.2) is 0 Å². The van der Waals surface area contributed by atoms with E-state index in [0.717, 1.165) is 5.56 Å². The molecule has 0 unspecified atom stereocenters. The van der Waals surface area contributed by atoms with Gasteiger partial charge in [0.15, 0.2) is 14.6 Å². The summed E-state index contributed by atoms with van der Waals surface area (Å²) in [6.45, 7) is 13.7. The second-order valence-electron chi connectivity index (χ2n) is 10.4. The second kappa shape index (κ2) is 10.4. The Morgan fingerprint density at radius 3 is 2.33 bits per heavy atom. The first kappa shape index (κ1) is 26.7. The summed E-state index contributed by atoms with van der Waals surface area (Å²) >= 11 is 0. The number of nitrogens with zero attached hydrogens (tertiary/aromatic N) is 1. The Kier molecular flexibility index (Phi) is 8.41. The van der Waals surface area contributed by atoms with E-state index in [0.29, 0.717) is 13.2 Å². The molecule has 0 aromatic heterocycles. The number of hydroxylamine groups is 2. The highest BCUT2D eigenvalue weighted by Gasteiger charge is 2.60. The summed E-state index contributed by atoms with van der Waals surface area (Å²) in [7, 11) is 0.917. The van der Waals surface area contributed by atoms with Gasteiger partial charge in [-0.2, -0.15) is 5.06 Å². The van der Waals surface area contributed by atoms with Crippen molar-refractivity contribution in [1.82, 2.24) is 5.06 Å². The van der Waals surface area contributed by atoms with Crippen molar-refractivity contribution < 1.29 is 33.3 Å². The third-order valence-electron chi connectivity index (χ3n) is 7.18. The van der Waals surface area contributed by atoms with Crippen molar-refractivity contribution in [1.29, 1.82) is 0 Å². The predicted molar refractivity (Wildman–Crippen MR) is 127 cm³/mol. The molecule has 2 fully saturated rings. The number of hydrogen-bond acceptors (Lipinski definition) is 8. The van der Waals surface area contributed by atoms with Crippen molar-refractivity contribution in [2.24, 2.45) is 0 Å². The predicted octanol–water partition coefficient (Wildman–Crippen LogP) is 3.30. The monoisotopic (exact) mass is 483 g/mol. The van der Waals surface area contributed by atoms with Crippen LogP contribution in [0.3, 0.4) is 0 Å². The number of methoxy groups -OCH3 is 2. The van der Waals surface area contributed by atoms with Crippen LogP contribution in [0, 0.1) is 0 Å². The van der Waals surface area contributed by atoms with Crippen LogP contribution in [-0.4, -0.2) is 82.4 Å².